The third kappa shape index (κ3) is 4.29. The van der Waals surface area contributed by atoms with Crippen molar-refractivity contribution in [3.63, 3.8) is 0 Å². The van der Waals surface area contributed by atoms with Gasteiger partial charge in [0.2, 0.25) is 0 Å². The van der Waals surface area contributed by atoms with Gasteiger partial charge in [0.15, 0.2) is 14.9 Å². The number of halogens is 5. The van der Waals surface area contributed by atoms with E-state index in [0.717, 1.165) is 18.5 Å². The first-order valence-electron chi connectivity index (χ1n) is 8.84. The molecule has 1 fully saturated rings. The van der Waals surface area contributed by atoms with Crippen molar-refractivity contribution in [1.29, 1.82) is 0 Å². The van der Waals surface area contributed by atoms with Gasteiger partial charge >= 0.3 is 6.18 Å². The van der Waals surface area contributed by atoms with Crippen LogP contribution in [0.4, 0.5) is 17.6 Å². The Morgan fingerprint density at radius 2 is 1.76 bits per heavy atom. The molecule has 1 unspecified atom stereocenters. The van der Waals surface area contributed by atoms with Gasteiger partial charge in [0.1, 0.15) is 17.2 Å². The first kappa shape index (κ1) is 22.0. The van der Waals surface area contributed by atoms with Crippen LogP contribution in [0, 0.1) is 17.7 Å². The summed E-state index contributed by atoms with van der Waals surface area (Å²) in [5.41, 5.74) is -1.84. The largest absolute Gasteiger partial charge is 0.391 e. The van der Waals surface area contributed by atoms with Crippen molar-refractivity contribution >= 4 is 21.4 Å². The van der Waals surface area contributed by atoms with Gasteiger partial charge in [-0.05, 0) is 49.3 Å². The summed E-state index contributed by atoms with van der Waals surface area (Å²) in [7, 11) is -3.69. The second-order valence-electron chi connectivity index (χ2n) is 7.34. The third-order valence-corrected chi connectivity index (χ3v) is 6.69. The zero-order valence-electron chi connectivity index (χ0n) is 15.3. The van der Waals surface area contributed by atoms with E-state index < -0.39 is 39.3 Å². The van der Waals surface area contributed by atoms with Gasteiger partial charge in [-0.1, -0.05) is 17.7 Å². The monoisotopic (exact) mass is 454 g/mol. The predicted octanol–water partition coefficient (Wildman–Crippen LogP) is 4.21. The lowest BCUT2D eigenvalue weighted by Gasteiger charge is -2.40. The van der Waals surface area contributed by atoms with Crippen LogP contribution in [0.3, 0.4) is 0 Å². The maximum absolute atomic E-state index is 13.6. The number of benzene rings is 1. The Balaban J connectivity index is 2.05. The van der Waals surface area contributed by atoms with E-state index in [1.165, 1.54) is 12.1 Å². The normalized spacial score (nSPS) is 23.0. The number of nitrogens with zero attached hydrogens (tertiary/aromatic N) is 1. The minimum Gasteiger partial charge on any atom is -0.377 e. The Morgan fingerprint density at radius 1 is 1.17 bits per heavy atom. The zero-order valence-corrected chi connectivity index (χ0v) is 16.9. The van der Waals surface area contributed by atoms with Crippen LogP contribution in [-0.4, -0.2) is 35.9 Å². The lowest BCUT2D eigenvalue weighted by atomic mass is 9.70. The van der Waals surface area contributed by atoms with E-state index >= 15 is 0 Å². The number of aromatic amines is 1. The van der Waals surface area contributed by atoms with E-state index in [1.54, 1.807) is 0 Å². The molecule has 1 heterocycles. The van der Waals surface area contributed by atoms with Crippen LogP contribution in [0.2, 0.25) is 5.02 Å². The number of hydrogen-bond donors (Lipinski definition) is 2. The van der Waals surface area contributed by atoms with E-state index in [0.29, 0.717) is 0 Å². The van der Waals surface area contributed by atoms with E-state index in [4.69, 9.17) is 11.6 Å². The molecule has 0 spiro atoms. The third-order valence-electron chi connectivity index (χ3n) is 5.44. The minimum atomic E-state index is -4.32. The molecule has 1 aromatic heterocycles. The number of rotatable bonds is 4. The molecule has 2 aromatic rings. The minimum absolute atomic E-state index is 0.0184. The van der Waals surface area contributed by atoms with Crippen LogP contribution >= 0.6 is 11.6 Å². The molecule has 0 saturated heterocycles. The van der Waals surface area contributed by atoms with Crippen LogP contribution in [0.1, 0.15) is 37.1 Å². The zero-order chi connectivity index (χ0) is 21.6. The SMILES string of the molecule is CS(=O)(=O)c1c[nH]c(C(O)(c2ccc(F)c(Cl)c2)[C@H]2CC[C@H](C(F)(F)F)CC2)n1. The second-order valence-corrected chi connectivity index (χ2v) is 9.71. The van der Waals surface area contributed by atoms with E-state index in [1.807, 2.05) is 0 Å². The van der Waals surface area contributed by atoms with Crippen molar-refractivity contribution < 1.29 is 31.1 Å². The summed E-state index contributed by atoms with van der Waals surface area (Å²) in [6, 6.07) is 3.47. The average Bonchev–Trinajstić information content (AvgIpc) is 3.14. The number of alkyl halides is 3. The molecule has 1 aromatic carbocycles. The molecule has 160 valence electrons. The Morgan fingerprint density at radius 3 is 2.24 bits per heavy atom. The first-order valence-corrected chi connectivity index (χ1v) is 11.1. The summed E-state index contributed by atoms with van der Waals surface area (Å²) < 4.78 is 76.3. The molecule has 0 radical (unpaired) electrons. The fraction of sp³-hybridized carbons (Fsp3) is 0.500. The number of hydrogen-bond acceptors (Lipinski definition) is 4. The van der Waals surface area contributed by atoms with Crippen molar-refractivity contribution in [2.24, 2.45) is 11.8 Å². The highest BCUT2D eigenvalue weighted by Gasteiger charge is 2.49. The summed E-state index contributed by atoms with van der Waals surface area (Å²) in [4.78, 5) is 6.60. The van der Waals surface area contributed by atoms with Gasteiger partial charge in [-0.3, -0.25) is 0 Å². The molecule has 1 saturated carbocycles. The maximum atomic E-state index is 13.6. The van der Waals surface area contributed by atoms with E-state index in [9.17, 15) is 31.1 Å². The van der Waals surface area contributed by atoms with E-state index in [-0.39, 0.29) is 47.1 Å². The Bertz CT molecular complexity index is 1000. The van der Waals surface area contributed by atoms with Crippen molar-refractivity contribution in [2.75, 3.05) is 6.26 Å². The van der Waals surface area contributed by atoms with Gasteiger partial charge in [0.25, 0.3) is 0 Å². The molecule has 0 bridgehead atoms. The number of nitrogens with one attached hydrogen (secondary N) is 1. The number of H-pyrrole nitrogens is 1. The molecule has 11 heteroatoms. The van der Waals surface area contributed by atoms with Gasteiger partial charge < -0.3 is 10.1 Å². The molecule has 1 atom stereocenters. The molecular formula is C18H19ClF4N2O3S. The lowest BCUT2D eigenvalue weighted by molar-refractivity contribution is -0.188. The van der Waals surface area contributed by atoms with Gasteiger partial charge in [-0.25, -0.2) is 17.8 Å². The number of imidazole rings is 1. The van der Waals surface area contributed by atoms with Crippen molar-refractivity contribution in [3.8, 4) is 0 Å². The molecule has 29 heavy (non-hydrogen) atoms. The van der Waals surface area contributed by atoms with Crippen molar-refractivity contribution in [2.45, 2.75) is 42.5 Å². The Labute approximate surface area is 170 Å². The highest BCUT2D eigenvalue weighted by Crippen LogP contribution is 2.48. The van der Waals surface area contributed by atoms with Gasteiger partial charge in [0, 0.05) is 12.5 Å². The molecule has 3 rings (SSSR count). The highest BCUT2D eigenvalue weighted by atomic mass is 35.5. The van der Waals surface area contributed by atoms with Crippen LogP contribution in [0.25, 0.3) is 0 Å². The number of aromatic nitrogens is 2. The van der Waals surface area contributed by atoms with Crippen LogP contribution in [0.15, 0.2) is 29.4 Å². The molecular weight excluding hydrogens is 436 g/mol. The number of sulfone groups is 1. The quantitative estimate of drug-likeness (QED) is 0.678. The molecule has 1 aliphatic carbocycles. The van der Waals surface area contributed by atoms with Gasteiger partial charge in [0.05, 0.1) is 10.9 Å². The molecule has 0 amide bonds. The Kier molecular flexibility index (Phi) is 5.74. The summed E-state index contributed by atoms with van der Waals surface area (Å²) in [6.07, 6.45) is -2.63. The topological polar surface area (TPSA) is 83.0 Å². The Hall–Kier alpha value is -1.65. The second kappa shape index (κ2) is 7.55. The summed E-state index contributed by atoms with van der Waals surface area (Å²) in [5, 5.41) is 11.0. The van der Waals surface area contributed by atoms with Gasteiger partial charge in [-0.15, -0.1) is 0 Å². The van der Waals surface area contributed by atoms with E-state index in [2.05, 4.69) is 9.97 Å². The van der Waals surface area contributed by atoms with Crippen LogP contribution in [-0.2, 0) is 15.4 Å². The van der Waals surface area contributed by atoms with Crippen LogP contribution < -0.4 is 0 Å². The summed E-state index contributed by atoms with van der Waals surface area (Å²) in [6.45, 7) is 0. The first-order chi connectivity index (χ1) is 13.3. The summed E-state index contributed by atoms with van der Waals surface area (Å²) >= 11 is 5.85. The van der Waals surface area contributed by atoms with Crippen LogP contribution in [0.5, 0.6) is 0 Å². The molecule has 0 aliphatic heterocycles. The number of aliphatic hydroxyl groups is 1. The predicted molar refractivity (Wildman–Crippen MR) is 97.6 cm³/mol. The fourth-order valence-electron chi connectivity index (χ4n) is 3.83. The standard InChI is InChI=1S/C18H19ClF4N2O3S/c1-29(27,28)15-9-24-16(25-15)17(26,12-6-7-14(20)13(19)8-12)10-2-4-11(5-3-10)18(21,22)23/h6-11,26H,2-5H2,1H3,(H,24,25)/t10-,11-,17?. The highest BCUT2D eigenvalue weighted by molar-refractivity contribution is 7.90. The summed E-state index contributed by atoms with van der Waals surface area (Å²) in [5.74, 6) is -3.05. The van der Waals surface area contributed by atoms with Crippen molar-refractivity contribution in [1.82, 2.24) is 9.97 Å². The van der Waals surface area contributed by atoms with Crippen molar-refractivity contribution in [3.05, 3.63) is 46.6 Å². The maximum Gasteiger partial charge on any atom is 0.391 e. The molecule has 5 nitrogen and oxygen atoms in total. The average molecular weight is 455 g/mol. The fourth-order valence-corrected chi connectivity index (χ4v) is 4.54. The molecule has 1 aliphatic rings. The lowest BCUT2D eigenvalue weighted by Crippen LogP contribution is -2.41. The molecule has 2 N–H and O–H groups in total. The van der Waals surface area contributed by atoms with Gasteiger partial charge in [-0.2, -0.15) is 13.2 Å². The smallest absolute Gasteiger partial charge is 0.377 e.